The van der Waals surface area contributed by atoms with Crippen molar-refractivity contribution in [2.24, 2.45) is 5.41 Å². The topological polar surface area (TPSA) is 37.3 Å². The van der Waals surface area contributed by atoms with Crippen molar-refractivity contribution in [3.63, 3.8) is 0 Å². The number of rotatable bonds is 5. The van der Waals surface area contributed by atoms with Crippen LogP contribution < -0.4 is 0 Å². The summed E-state index contributed by atoms with van der Waals surface area (Å²) >= 11 is 0. The van der Waals surface area contributed by atoms with Gasteiger partial charge in [-0.2, -0.15) is 0 Å². The Morgan fingerprint density at radius 1 is 1.33 bits per heavy atom. The Kier molecular flexibility index (Phi) is 4.55. The second-order valence-corrected chi connectivity index (χ2v) is 5.91. The third-order valence-corrected chi connectivity index (χ3v) is 3.45. The summed E-state index contributed by atoms with van der Waals surface area (Å²) < 4.78 is 0. The number of hydrogen-bond donors (Lipinski definition) is 1. The van der Waals surface area contributed by atoms with Crippen LogP contribution in [0.15, 0.2) is 18.2 Å². The van der Waals surface area contributed by atoms with Crippen LogP contribution in [-0.4, -0.2) is 11.1 Å². The van der Waals surface area contributed by atoms with Crippen molar-refractivity contribution in [3.8, 4) is 0 Å². The zero-order chi connectivity index (χ0) is 13.9. The normalized spacial score (nSPS) is 11.9. The van der Waals surface area contributed by atoms with Crippen molar-refractivity contribution >= 4 is 5.97 Å². The van der Waals surface area contributed by atoms with E-state index in [9.17, 15) is 9.90 Å². The molecule has 0 fully saturated rings. The minimum absolute atomic E-state index is 0.426. The van der Waals surface area contributed by atoms with E-state index in [1.165, 1.54) is 16.7 Å². The molecular formula is C16H24O2. The van der Waals surface area contributed by atoms with Crippen molar-refractivity contribution in [1.29, 1.82) is 0 Å². The molecule has 0 amide bonds. The average molecular weight is 248 g/mol. The van der Waals surface area contributed by atoms with E-state index < -0.39 is 11.4 Å². The molecule has 18 heavy (non-hydrogen) atoms. The quantitative estimate of drug-likeness (QED) is 0.854. The van der Waals surface area contributed by atoms with Crippen LogP contribution in [0.5, 0.6) is 0 Å². The number of aliphatic carboxylic acids is 1. The van der Waals surface area contributed by atoms with Gasteiger partial charge in [-0.05, 0) is 49.3 Å². The van der Waals surface area contributed by atoms with Crippen LogP contribution in [0.1, 0.15) is 57.2 Å². The van der Waals surface area contributed by atoms with Crippen LogP contribution in [0.3, 0.4) is 0 Å². The summed E-state index contributed by atoms with van der Waals surface area (Å²) in [7, 11) is 0. The first-order valence-electron chi connectivity index (χ1n) is 6.63. The molecule has 1 aromatic rings. The Labute approximate surface area is 110 Å². The molecule has 0 aliphatic rings. The van der Waals surface area contributed by atoms with Crippen LogP contribution >= 0.6 is 0 Å². The smallest absolute Gasteiger partial charge is 0.309 e. The monoisotopic (exact) mass is 248 g/mol. The van der Waals surface area contributed by atoms with E-state index in [0.717, 1.165) is 6.42 Å². The molecule has 0 spiro atoms. The highest BCUT2D eigenvalue weighted by molar-refractivity contribution is 5.74. The summed E-state index contributed by atoms with van der Waals surface area (Å²) in [4.78, 5) is 11.3. The second-order valence-electron chi connectivity index (χ2n) is 5.91. The van der Waals surface area contributed by atoms with E-state index in [1.807, 2.05) is 0 Å². The van der Waals surface area contributed by atoms with Gasteiger partial charge in [0.15, 0.2) is 0 Å². The molecule has 0 heterocycles. The summed E-state index contributed by atoms with van der Waals surface area (Å²) in [5.74, 6) is -0.311. The predicted molar refractivity (Wildman–Crippen MR) is 75.0 cm³/mol. The van der Waals surface area contributed by atoms with Crippen LogP contribution in [0, 0.1) is 5.41 Å². The lowest BCUT2D eigenvalue weighted by atomic mass is 9.81. The largest absolute Gasteiger partial charge is 0.481 e. The summed E-state index contributed by atoms with van der Waals surface area (Å²) in [5.41, 5.74) is 3.00. The highest BCUT2D eigenvalue weighted by Gasteiger charge is 2.28. The maximum Gasteiger partial charge on any atom is 0.309 e. The minimum Gasteiger partial charge on any atom is -0.481 e. The van der Waals surface area contributed by atoms with E-state index >= 15 is 0 Å². The van der Waals surface area contributed by atoms with E-state index in [0.29, 0.717) is 12.3 Å². The van der Waals surface area contributed by atoms with Crippen LogP contribution in [0.25, 0.3) is 0 Å². The molecule has 0 bridgehead atoms. The Balaban J connectivity index is 3.16. The molecule has 1 N–H and O–H groups in total. The first kappa shape index (κ1) is 14.7. The predicted octanol–water partition coefficient (Wildman–Crippen LogP) is 4.03. The van der Waals surface area contributed by atoms with Gasteiger partial charge in [0.25, 0.3) is 0 Å². The van der Waals surface area contributed by atoms with E-state index in [4.69, 9.17) is 0 Å². The first-order valence-corrected chi connectivity index (χ1v) is 6.63. The molecule has 2 heteroatoms. The molecule has 0 radical (unpaired) electrons. The zero-order valence-corrected chi connectivity index (χ0v) is 12.1. The molecule has 1 rings (SSSR count). The lowest BCUT2D eigenvalue weighted by Gasteiger charge is -2.23. The molecule has 0 aliphatic carbocycles. The molecule has 0 aliphatic heterocycles. The van der Waals surface area contributed by atoms with Gasteiger partial charge in [0.05, 0.1) is 5.41 Å². The van der Waals surface area contributed by atoms with Gasteiger partial charge in [-0.25, -0.2) is 0 Å². The van der Waals surface area contributed by atoms with Gasteiger partial charge in [-0.1, -0.05) is 39.0 Å². The molecular weight excluding hydrogens is 224 g/mol. The number of aryl methyl sites for hydroxylation is 1. The van der Waals surface area contributed by atoms with Gasteiger partial charge in [0, 0.05) is 0 Å². The number of carboxylic acid groups (broad SMARTS) is 1. The molecule has 0 saturated heterocycles. The third-order valence-electron chi connectivity index (χ3n) is 3.45. The lowest BCUT2D eigenvalue weighted by Crippen LogP contribution is -2.26. The Morgan fingerprint density at radius 2 is 1.94 bits per heavy atom. The summed E-state index contributed by atoms with van der Waals surface area (Å²) in [6.07, 6.45) is 1.57. The number of hydrogen-bond acceptors (Lipinski definition) is 1. The van der Waals surface area contributed by atoms with Gasteiger partial charge in [0.1, 0.15) is 0 Å². The summed E-state index contributed by atoms with van der Waals surface area (Å²) in [6, 6.07) is 6.46. The Hall–Kier alpha value is -1.31. The summed E-state index contributed by atoms with van der Waals surface area (Å²) in [5, 5.41) is 9.26. The number of carboxylic acids is 1. The van der Waals surface area contributed by atoms with E-state index in [-0.39, 0.29) is 0 Å². The van der Waals surface area contributed by atoms with Crippen molar-refractivity contribution in [2.75, 3.05) is 0 Å². The standard InChI is InChI=1S/C16H24O2/c1-6-12-7-8-14(11(2)3)13(9-12)10-16(4,5)15(17)18/h7-9,11H,6,10H2,1-5H3,(H,17,18). The minimum atomic E-state index is -0.737. The Morgan fingerprint density at radius 3 is 2.39 bits per heavy atom. The fourth-order valence-electron chi connectivity index (χ4n) is 2.15. The van der Waals surface area contributed by atoms with Gasteiger partial charge in [0.2, 0.25) is 0 Å². The molecule has 2 nitrogen and oxygen atoms in total. The lowest BCUT2D eigenvalue weighted by molar-refractivity contribution is -0.146. The average Bonchev–Trinajstić information content (AvgIpc) is 2.27. The molecule has 0 atom stereocenters. The van der Waals surface area contributed by atoms with Crippen molar-refractivity contribution in [3.05, 3.63) is 34.9 Å². The molecule has 0 aromatic heterocycles. The van der Waals surface area contributed by atoms with Crippen LogP contribution in [0.4, 0.5) is 0 Å². The zero-order valence-electron chi connectivity index (χ0n) is 12.1. The Bertz CT molecular complexity index is 431. The molecule has 0 unspecified atom stereocenters. The molecule has 0 saturated carbocycles. The van der Waals surface area contributed by atoms with Crippen molar-refractivity contribution in [1.82, 2.24) is 0 Å². The van der Waals surface area contributed by atoms with Crippen molar-refractivity contribution < 1.29 is 9.90 Å². The van der Waals surface area contributed by atoms with Gasteiger partial charge < -0.3 is 5.11 Å². The third kappa shape index (κ3) is 3.34. The maximum atomic E-state index is 11.3. The van der Waals surface area contributed by atoms with Crippen molar-refractivity contribution in [2.45, 2.75) is 53.4 Å². The van der Waals surface area contributed by atoms with Crippen LogP contribution in [0.2, 0.25) is 0 Å². The number of benzene rings is 1. The summed E-state index contributed by atoms with van der Waals surface area (Å²) in [6.45, 7) is 10.0. The number of carbonyl (C=O) groups is 1. The first-order chi connectivity index (χ1) is 8.27. The second kappa shape index (κ2) is 5.55. The molecule has 1 aromatic carbocycles. The van der Waals surface area contributed by atoms with Gasteiger partial charge in [-0.3, -0.25) is 4.79 Å². The van der Waals surface area contributed by atoms with E-state index in [2.05, 4.69) is 39.0 Å². The van der Waals surface area contributed by atoms with E-state index in [1.54, 1.807) is 13.8 Å². The maximum absolute atomic E-state index is 11.3. The van der Waals surface area contributed by atoms with Gasteiger partial charge in [-0.15, -0.1) is 0 Å². The fourth-order valence-corrected chi connectivity index (χ4v) is 2.15. The van der Waals surface area contributed by atoms with Crippen LogP contribution in [-0.2, 0) is 17.6 Å². The highest BCUT2D eigenvalue weighted by Crippen LogP contribution is 2.28. The van der Waals surface area contributed by atoms with Gasteiger partial charge >= 0.3 is 5.97 Å². The molecule has 100 valence electrons. The SMILES string of the molecule is CCc1ccc(C(C)C)c(CC(C)(C)C(=O)O)c1. The highest BCUT2D eigenvalue weighted by atomic mass is 16.4. The fraction of sp³-hybridized carbons (Fsp3) is 0.562.